The van der Waals surface area contributed by atoms with Gasteiger partial charge < -0.3 is 30.3 Å². The number of fused-ring (bicyclic) bond motifs is 1. The van der Waals surface area contributed by atoms with Gasteiger partial charge in [-0.3, -0.25) is 0 Å². The van der Waals surface area contributed by atoms with Crippen molar-refractivity contribution in [1.82, 2.24) is 0 Å². The van der Waals surface area contributed by atoms with Crippen LogP contribution in [0.15, 0.2) is 24.3 Å². The summed E-state index contributed by atoms with van der Waals surface area (Å²) in [7, 11) is 0. The first-order chi connectivity index (χ1) is 11.9. The lowest BCUT2D eigenvalue weighted by Crippen LogP contribution is -2.83. The van der Waals surface area contributed by atoms with Crippen molar-refractivity contribution in [2.45, 2.75) is 75.7 Å². The van der Waals surface area contributed by atoms with Gasteiger partial charge in [0.05, 0.1) is 18.1 Å². The second kappa shape index (κ2) is 4.80. The predicted molar refractivity (Wildman–Crippen MR) is 93.9 cm³/mol. The SMILES string of the molecule is C=C[C@]1(C)C=C2[C@@H](O)[C@@]3(O)OC[C@@]4(CCCC(C)(C)[C@@]43O)[C@@]2(O)[C@H](O)C1. The van der Waals surface area contributed by atoms with E-state index in [9.17, 15) is 25.5 Å². The van der Waals surface area contributed by atoms with Gasteiger partial charge in [-0.1, -0.05) is 39.3 Å². The summed E-state index contributed by atoms with van der Waals surface area (Å²) in [5.74, 6) is -2.24. The third-order valence-corrected chi connectivity index (χ3v) is 8.04. The Morgan fingerprint density at radius 1 is 1.15 bits per heavy atom. The average molecular weight is 366 g/mol. The molecule has 146 valence electrons. The highest BCUT2D eigenvalue weighted by molar-refractivity contribution is 5.47. The van der Waals surface area contributed by atoms with Gasteiger partial charge in [-0.15, -0.1) is 6.58 Å². The maximum atomic E-state index is 11.9. The molecule has 3 aliphatic carbocycles. The number of rotatable bonds is 1. The summed E-state index contributed by atoms with van der Waals surface area (Å²) in [4.78, 5) is 0. The minimum Gasteiger partial charge on any atom is -0.390 e. The van der Waals surface area contributed by atoms with Crippen LogP contribution in [0.4, 0.5) is 0 Å². The molecule has 26 heavy (non-hydrogen) atoms. The summed E-state index contributed by atoms with van der Waals surface area (Å²) in [6.45, 7) is 9.15. The van der Waals surface area contributed by atoms with E-state index in [0.29, 0.717) is 19.3 Å². The van der Waals surface area contributed by atoms with Crippen LogP contribution in [0.1, 0.15) is 46.5 Å². The number of hydrogen-bond donors (Lipinski definition) is 5. The molecule has 3 fully saturated rings. The molecule has 0 aromatic carbocycles. The summed E-state index contributed by atoms with van der Waals surface area (Å²) in [5, 5.41) is 57.3. The van der Waals surface area contributed by atoms with E-state index in [-0.39, 0.29) is 18.6 Å². The van der Waals surface area contributed by atoms with Gasteiger partial charge in [-0.2, -0.15) is 0 Å². The minimum atomic E-state index is -2.24. The first kappa shape index (κ1) is 18.6. The molecule has 2 saturated carbocycles. The topological polar surface area (TPSA) is 110 Å². The molecule has 0 radical (unpaired) electrons. The van der Waals surface area contributed by atoms with E-state index in [1.165, 1.54) is 0 Å². The molecular weight excluding hydrogens is 336 g/mol. The Balaban J connectivity index is 2.06. The van der Waals surface area contributed by atoms with E-state index in [4.69, 9.17) is 4.74 Å². The molecule has 1 heterocycles. The van der Waals surface area contributed by atoms with Crippen LogP contribution in [-0.4, -0.2) is 61.3 Å². The zero-order chi connectivity index (χ0) is 19.4. The van der Waals surface area contributed by atoms with E-state index in [1.54, 1.807) is 12.2 Å². The Hall–Kier alpha value is -0.760. The molecule has 1 saturated heterocycles. The van der Waals surface area contributed by atoms with Crippen LogP contribution in [0, 0.1) is 16.2 Å². The number of ether oxygens (including phenoxy) is 1. The van der Waals surface area contributed by atoms with Gasteiger partial charge in [0.1, 0.15) is 17.3 Å². The highest BCUT2D eigenvalue weighted by Crippen LogP contribution is 2.73. The Bertz CT molecular complexity index is 702. The standard InChI is InChI=1S/C20H30O6/c1-5-16(4)9-12-14(22)19(24)20(25)15(2,3)7-6-8-17(20,11-26-19)18(12,23)13(21)10-16/h5,9,13-14,21-25H,1,6-8,10-11H2,2-4H3/t13-,14-,16-,17+,18+,19-,20-/m1/s1. The molecule has 2 bridgehead atoms. The second-order valence-corrected chi connectivity index (χ2v) is 9.71. The van der Waals surface area contributed by atoms with Crippen LogP contribution >= 0.6 is 0 Å². The maximum Gasteiger partial charge on any atom is 0.227 e. The summed E-state index contributed by atoms with van der Waals surface area (Å²) in [6, 6.07) is 0. The highest BCUT2D eigenvalue weighted by atomic mass is 16.7. The monoisotopic (exact) mass is 366 g/mol. The number of aliphatic hydroxyl groups excluding tert-OH is 2. The lowest BCUT2D eigenvalue weighted by Gasteiger charge is -2.68. The van der Waals surface area contributed by atoms with Gasteiger partial charge in [-0.05, 0) is 30.3 Å². The second-order valence-electron chi connectivity index (χ2n) is 9.71. The first-order valence-corrected chi connectivity index (χ1v) is 9.39. The predicted octanol–water partition coefficient (Wildman–Crippen LogP) is 0.622. The third-order valence-electron chi connectivity index (χ3n) is 8.04. The van der Waals surface area contributed by atoms with Crippen LogP contribution in [-0.2, 0) is 4.74 Å². The molecule has 6 nitrogen and oxygen atoms in total. The Labute approximate surface area is 153 Å². The Morgan fingerprint density at radius 3 is 2.42 bits per heavy atom. The van der Waals surface area contributed by atoms with Crippen LogP contribution in [0.25, 0.3) is 0 Å². The molecule has 0 amide bonds. The van der Waals surface area contributed by atoms with Gasteiger partial charge >= 0.3 is 0 Å². The third kappa shape index (κ3) is 1.58. The zero-order valence-corrected chi connectivity index (χ0v) is 15.7. The average Bonchev–Trinajstić information content (AvgIpc) is 2.79. The molecule has 0 spiro atoms. The molecule has 1 aliphatic heterocycles. The fourth-order valence-corrected chi connectivity index (χ4v) is 6.55. The molecule has 0 unspecified atom stereocenters. The van der Waals surface area contributed by atoms with Crippen molar-refractivity contribution in [3.63, 3.8) is 0 Å². The largest absolute Gasteiger partial charge is 0.390 e. The lowest BCUT2D eigenvalue weighted by molar-refractivity contribution is -0.372. The van der Waals surface area contributed by atoms with Crippen molar-refractivity contribution in [2.75, 3.05) is 6.61 Å². The van der Waals surface area contributed by atoms with E-state index in [0.717, 1.165) is 0 Å². The van der Waals surface area contributed by atoms with Gasteiger partial charge in [0.25, 0.3) is 0 Å². The normalized spacial score (nSPS) is 57.8. The van der Waals surface area contributed by atoms with Crippen molar-refractivity contribution in [2.24, 2.45) is 16.2 Å². The molecular formula is C20H30O6. The van der Waals surface area contributed by atoms with Crippen molar-refractivity contribution in [3.8, 4) is 0 Å². The summed E-state index contributed by atoms with van der Waals surface area (Å²) in [6.07, 6.45) is 2.38. The summed E-state index contributed by atoms with van der Waals surface area (Å²) < 4.78 is 5.68. The van der Waals surface area contributed by atoms with Crippen molar-refractivity contribution in [1.29, 1.82) is 0 Å². The van der Waals surface area contributed by atoms with Crippen molar-refractivity contribution >= 4 is 0 Å². The van der Waals surface area contributed by atoms with Crippen LogP contribution < -0.4 is 0 Å². The van der Waals surface area contributed by atoms with Crippen LogP contribution in [0.3, 0.4) is 0 Å². The highest BCUT2D eigenvalue weighted by Gasteiger charge is 2.87. The smallest absolute Gasteiger partial charge is 0.227 e. The Morgan fingerprint density at radius 2 is 1.81 bits per heavy atom. The fourth-order valence-electron chi connectivity index (χ4n) is 6.55. The van der Waals surface area contributed by atoms with E-state index >= 15 is 0 Å². The quantitative estimate of drug-likeness (QED) is 0.435. The lowest BCUT2D eigenvalue weighted by atomic mass is 9.39. The Kier molecular flexibility index (Phi) is 3.43. The number of hydrogen-bond acceptors (Lipinski definition) is 6. The molecule has 6 heteroatoms. The van der Waals surface area contributed by atoms with Crippen LogP contribution in [0.5, 0.6) is 0 Å². The summed E-state index contributed by atoms with van der Waals surface area (Å²) >= 11 is 0. The fraction of sp³-hybridized carbons (Fsp3) is 0.800. The van der Waals surface area contributed by atoms with Gasteiger partial charge in [0.2, 0.25) is 5.79 Å². The van der Waals surface area contributed by atoms with Crippen molar-refractivity contribution < 1.29 is 30.3 Å². The zero-order valence-electron chi connectivity index (χ0n) is 15.7. The maximum absolute atomic E-state index is 11.9. The molecule has 0 aromatic heterocycles. The molecule has 4 rings (SSSR count). The molecule has 0 aromatic rings. The van der Waals surface area contributed by atoms with E-state index in [2.05, 4.69) is 6.58 Å². The number of allylic oxidation sites excluding steroid dienone is 2. The molecule has 4 aliphatic rings. The van der Waals surface area contributed by atoms with Gasteiger partial charge in [-0.25, -0.2) is 0 Å². The van der Waals surface area contributed by atoms with Crippen LogP contribution in [0.2, 0.25) is 0 Å². The number of aliphatic hydroxyl groups is 5. The van der Waals surface area contributed by atoms with E-state index in [1.807, 2.05) is 20.8 Å². The molecule has 5 N–H and O–H groups in total. The van der Waals surface area contributed by atoms with Gasteiger partial charge in [0, 0.05) is 5.41 Å². The first-order valence-electron chi connectivity index (χ1n) is 9.39. The minimum absolute atomic E-state index is 0.126. The van der Waals surface area contributed by atoms with Crippen molar-refractivity contribution in [3.05, 3.63) is 24.3 Å². The summed E-state index contributed by atoms with van der Waals surface area (Å²) in [5.41, 5.74) is -6.43. The van der Waals surface area contributed by atoms with Gasteiger partial charge in [0.15, 0.2) is 0 Å². The van der Waals surface area contributed by atoms with E-state index < -0.39 is 45.4 Å². The molecule has 7 atom stereocenters.